The fourth-order valence-electron chi connectivity index (χ4n) is 1.83. The molecule has 1 heterocycles. The van der Waals surface area contributed by atoms with Gasteiger partial charge in [-0.3, -0.25) is 4.79 Å². The molecule has 1 unspecified atom stereocenters. The first-order valence-corrected chi connectivity index (χ1v) is 6.65. The first-order valence-electron chi connectivity index (χ1n) is 6.65. The summed E-state index contributed by atoms with van der Waals surface area (Å²) in [7, 11) is 1.59. The van der Waals surface area contributed by atoms with Crippen LogP contribution in [0.1, 0.15) is 37.2 Å². The van der Waals surface area contributed by atoms with Crippen molar-refractivity contribution in [3.63, 3.8) is 0 Å². The summed E-state index contributed by atoms with van der Waals surface area (Å²) in [6.07, 6.45) is 3.35. The summed E-state index contributed by atoms with van der Waals surface area (Å²) in [6.45, 7) is 5.26. The number of aromatic nitrogens is 1. The molecule has 1 aromatic heterocycles. The predicted octanol–water partition coefficient (Wildman–Crippen LogP) is 1.42. The molecule has 1 atom stereocenters. The van der Waals surface area contributed by atoms with Crippen LogP contribution in [0.25, 0.3) is 0 Å². The highest BCUT2D eigenvalue weighted by atomic mass is 16.5. The van der Waals surface area contributed by atoms with Gasteiger partial charge in [-0.05, 0) is 25.5 Å². The molecule has 2 N–H and O–H groups in total. The van der Waals surface area contributed by atoms with Crippen molar-refractivity contribution >= 4 is 5.91 Å². The van der Waals surface area contributed by atoms with Crippen LogP contribution in [0.4, 0.5) is 0 Å². The zero-order valence-electron chi connectivity index (χ0n) is 12.0. The van der Waals surface area contributed by atoms with Gasteiger partial charge in [-0.1, -0.05) is 6.92 Å². The molecule has 0 saturated heterocycles. The van der Waals surface area contributed by atoms with Crippen LogP contribution in [0, 0.1) is 0 Å². The summed E-state index contributed by atoms with van der Waals surface area (Å²) in [4.78, 5) is 12.0. The molecule has 5 nitrogen and oxygen atoms in total. The second-order valence-corrected chi connectivity index (χ2v) is 5.01. The Balaban J connectivity index is 2.52. The highest BCUT2D eigenvalue weighted by Crippen LogP contribution is 2.09. The fraction of sp³-hybridized carbons (Fsp3) is 0.643. The van der Waals surface area contributed by atoms with Gasteiger partial charge in [-0.15, -0.1) is 0 Å². The van der Waals surface area contributed by atoms with Crippen molar-refractivity contribution in [3.05, 3.63) is 24.0 Å². The van der Waals surface area contributed by atoms with E-state index in [1.54, 1.807) is 20.1 Å². The topological polar surface area (TPSA) is 63.5 Å². The van der Waals surface area contributed by atoms with Crippen LogP contribution >= 0.6 is 0 Å². The Hall–Kier alpha value is -1.33. The Labute approximate surface area is 114 Å². The van der Waals surface area contributed by atoms with E-state index >= 15 is 0 Å². The number of amides is 1. The number of rotatable bonds is 8. The predicted molar refractivity (Wildman–Crippen MR) is 74.2 cm³/mol. The maximum absolute atomic E-state index is 12.0. The monoisotopic (exact) mass is 268 g/mol. The van der Waals surface area contributed by atoms with E-state index in [9.17, 15) is 9.90 Å². The van der Waals surface area contributed by atoms with Crippen LogP contribution in [-0.4, -0.2) is 41.4 Å². The first-order chi connectivity index (χ1) is 9.00. The smallest absolute Gasteiger partial charge is 0.268 e. The number of ether oxygens (including phenoxy) is 1. The molecule has 1 amide bonds. The Bertz CT molecular complexity index is 399. The second-order valence-electron chi connectivity index (χ2n) is 5.01. The molecule has 19 heavy (non-hydrogen) atoms. The highest BCUT2D eigenvalue weighted by molar-refractivity contribution is 5.92. The van der Waals surface area contributed by atoms with Crippen LogP contribution in [0.3, 0.4) is 0 Å². The van der Waals surface area contributed by atoms with Gasteiger partial charge in [0.2, 0.25) is 0 Å². The zero-order chi connectivity index (χ0) is 14.3. The van der Waals surface area contributed by atoms with Gasteiger partial charge < -0.3 is 19.7 Å². The van der Waals surface area contributed by atoms with E-state index in [-0.39, 0.29) is 12.5 Å². The molecule has 0 radical (unpaired) electrons. The minimum atomic E-state index is -0.951. The van der Waals surface area contributed by atoms with E-state index in [0.29, 0.717) is 18.7 Å². The lowest BCUT2D eigenvalue weighted by molar-refractivity contribution is 0.0242. The van der Waals surface area contributed by atoms with Crippen LogP contribution in [0.5, 0.6) is 0 Å². The molecule has 0 aromatic carbocycles. The van der Waals surface area contributed by atoms with Crippen molar-refractivity contribution in [2.75, 3.05) is 20.3 Å². The van der Waals surface area contributed by atoms with Crippen molar-refractivity contribution in [2.45, 2.75) is 38.8 Å². The molecule has 0 aliphatic carbocycles. The summed E-state index contributed by atoms with van der Waals surface area (Å²) in [6, 6.07) is 3.64. The van der Waals surface area contributed by atoms with Crippen LogP contribution in [-0.2, 0) is 11.3 Å². The minimum Gasteiger partial charge on any atom is -0.388 e. The van der Waals surface area contributed by atoms with Crippen molar-refractivity contribution in [3.8, 4) is 0 Å². The molecule has 1 aromatic rings. The van der Waals surface area contributed by atoms with E-state index in [1.165, 1.54) is 0 Å². The molecule has 0 aliphatic rings. The number of aliphatic hydroxyl groups is 1. The quantitative estimate of drug-likeness (QED) is 0.749. The van der Waals surface area contributed by atoms with Crippen molar-refractivity contribution < 1.29 is 14.6 Å². The minimum absolute atomic E-state index is 0.156. The van der Waals surface area contributed by atoms with Gasteiger partial charge in [0.1, 0.15) is 5.69 Å². The summed E-state index contributed by atoms with van der Waals surface area (Å²) in [5.41, 5.74) is -0.321. The van der Waals surface area contributed by atoms with Crippen LogP contribution in [0.15, 0.2) is 18.3 Å². The van der Waals surface area contributed by atoms with Gasteiger partial charge in [0.05, 0.1) is 5.60 Å². The third-order valence-electron chi connectivity index (χ3n) is 3.00. The SMILES string of the molecule is CCCn1cccc1C(=O)NCC(C)(O)CCOC. The van der Waals surface area contributed by atoms with Gasteiger partial charge in [0, 0.05) is 39.4 Å². The number of carbonyl (C=O) groups is 1. The van der Waals surface area contributed by atoms with Gasteiger partial charge in [-0.2, -0.15) is 0 Å². The van der Waals surface area contributed by atoms with E-state index < -0.39 is 5.60 Å². The van der Waals surface area contributed by atoms with Crippen LogP contribution in [0.2, 0.25) is 0 Å². The normalized spacial score (nSPS) is 14.1. The molecule has 0 bridgehead atoms. The Morgan fingerprint density at radius 2 is 2.32 bits per heavy atom. The standard InChI is InChI=1S/C14H24N2O3/c1-4-8-16-9-5-6-12(16)13(17)15-11-14(2,18)7-10-19-3/h5-6,9,18H,4,7-8,10-11H2,1-3H3,(H,15,17). The first kappa shape index (κ1) is 15.7. The Kier molecular flexibility index (Phi) is 6.05. The number of carbonyl (C=O) groups excluding carboxylic acids is 1. The maximum Gasteiger partial charge on any atom is 0.268 e. The molecule has 108 valence electrons. The van der Waals surface area contributed by atoms with Crippen molar-refractivity contribution in [2.24, 2.45) is 0 Å². The van der Waals surface area contributed by atoms with Crippen molar-refractivity contribution in [1.82, 2.24) is 9.88 Å². The Morgan fingerprint density at radius 3 is 2.95 bits per heavy atom. The zero-order valence-corrected chi connectivity index (χ0v) is 12.0. The van der Waals surface area contributed by atoms with Crippen LogP contribution < -0.4 is 5.32 Å². The number of methoxy groups -OCH3 is 1. The number of hydrogen-bond acceptors (Lipinski definition) is 3. The van der Waals surface area contributed by atoms with E-state index in [2.05, 4.69) is 12.2 Å². The maximum atomic E-state index is 12.0. The highest BCUT2D eigenvalue weighted by Gasteiger charge is 2.21. The van der Waals surface area contributed by atoms with Gasteiger partial charge in [-0.25, -0.2) is 0 Å². The number of nitrogens with one attached hydrogen (secondary N) is 1. The Morgan fingerprint density at radius 1 is 1.58 bits per heavy atom. The van der Waals surface area contributed by atoms with Crippen molar-refractivity contribution in [1.29, 1.82) is 0 Å². The number of nitrogens with zero attached hydrogens (tertiary/aromatic N) is 1. The third-order valence-corrected chi connectivity index (χ3v) is 3.00. The van der Waals surface area contributed by atoms with Gasteiger partial charge in [0.25, 0.3) is 5.91 Å². The van der Waals surface area contributed by atoms with Gasteiger partial charge >= 0.3 is 0 Å². The van der Waals surface area contributed by atoms with E-state index in [4.69, 9.17) is 4.74 Å². The lowest BCUT2D eigenvalue weighted by Crippen LogP contribution is -2.41. The lowest BCUT2D eigenvalue weighted by atomic mass is 10.0. The molecule has 0 fully saturated rings. The molecular formula is C14H24N2O3. The van der Waals surface area contributed by atoms with E-state index in [1.807, 2.05) is 16.8 Å². The van der Waals surface area contributed by atoms with E-state index in [0.717, 1.165) is 13.0 Å². The third kappa shape index (κ3) is 5.04. The fourth-order valence-corrected chi connectivity index (χ4v) is 1.83. The average Bonchev–Trinajstić information content (AvgIpc) is 2.82. The average molecular weight is 268 g/mol. The second kappa shape index (κ2) is 7.31. The number of aryl methyl sites for hydroxylation is 1. The number of hydrogen-bond donors (Lipinski definition) is 2. The molecular weight excluding hydrogens is 244 g/mol. The lowest BCUT2D eigenvalue weighted by Gasteiger charge is -2.23. The summed E-state index contributed by atoms with van der Waals surface area (Å²) >= 11 is 0. The molecule has 0 saturated carbocycles. The molecule has 5 heteroatoms. The molecule has 0 aliphatic heterocycles. The summed E-state index contributed by atoms with van der Waals surface area (Å²) in [5.74, 6) is -0.156. The van der Waals surface area contributed by atoms with Gasteiger partial charge in [0.15, 0.2) is 0 Å². The molecule has 1 rings (SSSR count). The molecule has 0 spiro atoms. The largest absolute Gasteiger partial charge is 0.388 e. The summed E-state index contributed by atoms with van der Waals surface area (Å²) < 4.78 is 6.85. The summed E-state index contributed by atoms with van der Waals surface area (Å²) in [5, 5.41) is 12.8.